The number of hydrogen-bond donors (Lipinski definition) is 0. The fourth-order valence-electron chi connectivity index (χ4n) is 12.3. The first-order valence-corrected chi connectivity index (χ1v) is 23.8. The lowest BCUT2D eigenvalue weighted by Crippen LogP contribution is -2.26. The Hall–Kier alpha value is -7.42. The van der Waals surface area contributed by atoms with Crippen LogP contribution in [0.15, 0.2) is 194 Å². The van der Waals surface area contributed by atoms with Crippen LogP contribution in [0.1, 0.15) is 73.9 Å². The Labute approximate surface area is 389 Å². The van der Waals surface area contributed by atoms with Crippen LogP contribution in [0.25, 0.3) is 72.0 Å². The molecule has 12 rings (SSSR count). The van der Waals surface area contributed by atoms with Crippen molar-refractivity contribution in [3.63, 3.8) is 0 Å². The molecule has 1 heterocycles. The summed E-state index contributed by atoms with van der Waals surface area (Å²) in [6.07, 6.45) is 2.10. The molecule has 0 fully saturated rings. The molecule has 0 N–H and O–H groups in total. The first kappa shape index (κ1) is 40.1. The van der Waals surface area contributed by atoms with Crippen LogP contribution in [-0.2, 0) is 10.8 Å². The van der Waals surface area contributed by atoms with Crippen LogP contribution < -0.4 is 4.90 Å². The zero-order valence-electron chi connectivity index (χ0n) is 38.8. The number of benzene rings is 9. The van der Waals surface area contributed by atoms with Gasteiger partial charge in [-0.05, 0) is 160 Å². The lowest BCUT2D eigenvalue weighted by molar-refractivity contribution is 0.486. The second kappa shape index (κ2) is 15.1. The van der Waals surface area contributed by atoms with Crippen molar-refractivity contribution in [2.45, 2.75) is 65.2 Å². The standard InChI is InChI=1S/C64H54N2/c1-7-64(8-2)61-42(4)37-41(3)38-55(61)53-21-16-24-60(62(53)64)66-58-23-15-13-20-52(58)54-39-46(29-36-59(54)66)45-27-32-48(33-28-45)65(47-30-25-44(26-31-47)43-17-10-9-11-18-43)49-34-35-51-50-19-12-14-22-56(50)63(5,6)57(51)40-49/h9-40H,7-8H2,1-6H3. The maximum atomic E-state index is 2.56. The van der Waals surface area contributed by atoms with Crippen molar-refractivity contribution in [2.24, 2.45) is 0 Å². The zero-order valence-corrected chi connectivity index (χ0v) is 38.8. The average Bonchev–Trinajstić information content (AvgIpc) is 3.93. The minimum Gasteiger partial charge on any atom is -0.310 e. The quantitative estimate of drug-likeness (QED) is 0.148. The molecule has 2 aliphatic carbocycles. The summed E-state index contributed by atoms with van der Waals surface area (Å²) in [5, 5.41) is 2.55. The topological polar surface area (TPSA) is 8.17 Å². The van der Waals surface area contributed by atoms with E-state index in [1.165, 1.54) is 105 Å². The highest BCUT2D eigenvalue weighted by atomic mass is 15.1. The molecule has 10 aromatic rings. The third kappa shape index (κ3) is 5.87. The van der Waals surface area contributed by atoms with Crippen molar-refractivity contribution < 1.29 is 0 Å². The Bertz CT molecular complexity index is 3530. The van der Waals surface area contributed by atoms with E-state index in [4.69, 9.17) is 0 Å². The largest absolute Gasteiger partial charge is 0.310 e. The summed E-state index contributed by atoms with van der Waals surface area (Å²) in [5.74, 6) is 0. The number of anilines is 3. The molecule has 2 aliphatic rings. The molecule has 0 unspecified atom stereocenters. The van der Waals surface area contributed by atoms with E-state index in [0.717, 1.165) is 29.9 Å². The fourth-order valence-corrected chi connectivity index (χ4v) is 12.3. The van der Waals surface area contributed by atoms with Crippen molar-refractivity contribution in [1.29, 1.82) is 0 Å². The highest BCUT2D eigenvalue weighted by molar-refractivity contribution is 6.11. The van der Waals surface area contributed by atoms with E-state index in [9.17, 15) is 0 Å². The number of rotatable bonds is 8. The van der Waals surface area contributed by atoms with Gasteiger partial charge in [0.25, 0.3) is 0 Å². The Kier molecular flexibility index (Phi) is 9.16. The molecular weight excluding hydrogens is 797 g/mol. The van der Waals surface area contributed by atoms with E-state index in [2.05, 4.69) is 245 Å². The second-order valence-corrected chi connectivity index (χ2v) is 19.3. The van der Waals surface area contributed by atoms with Crippen LogP contribution in [0.2, 0.25) is 0 Å². The predicted octanol–water partition coefficient (Wildman–Crippen LogP) is 17.6. The average molecular weight is 851 g/mol. The van der Waals surface area contributed by atoms with Gasteiger partial charge in [0, 0.05) is 38.7 Å². The maximum Gasteiger partial charge on any atom is 0.0541 e. The fraction of sp³-hybridized carbons (Fsp3) is 0.156. The van der Waals surface area contributed by atoms with Crippen LogP contribution in [0.4, 0.5) is 17.1 Å². The molecule has 0 bridgehead atoms. The summed E-state index contributed by atoms with van der Waals surface area (Å²) < 4.78 is 2.56. The van der Waals surface area contributed by atoms with Gasteiger partial charge in [-0.3, -0.25) is 0 Å². The van der Waals surface area contributed by atoms with Gasteiger partial charge >= 0.3 is 0 Å². The zero-order chi connectivity index (χ0) is 44.9. The van der Waals surface area contributed by atoms with Gasteiger partial charge in [-0.15, -0.1) is 0 Å². The number of aromatic nitrogens is 1. The Balaban J connectivity index is 0.966. The summed E-state index contributed by atoms with van der Waals surface area (Å²) in [4.78, 5) is 2.42. The maximum absolute atomic E-state index is 2.56. The molecule has 0 saturated heterocycles. The lowest BCUT2D eigenvalue weighted by Gasteiger charge is -2.33. The van der Waals surface area contributed by atoms with Gasteiger partial charge in [-0.2, -0.15) is 0 Å². The molecule has 66 heavy (non-hydrogen) atoms. The van der Waals surface area contributed by atoms with E-state index in [-0.39, 0.29) is 10.8 Å². The van der Waals surface area contributed by atoms with Crippen molar-refractivity contribution in [3.05, 3.63) is 228 Å². The molecule has 320 valence electrons. The molecule has 0 amide bonds. The molecule has 9 aromatic carbocycles. The van der Waals surface area contributed by atoms with Gasteiger partial charge in [0.15, 0.2) is 0 Å². The minimum absolute atomic E-state index is 0.0583. The Morgan fingerprint density at radius 3 is 1.76 bits per heavy atom. The van der Waals surface area contributed by atoms with Gasteiger partial charge < -0.3 is 9.47 Å². The number of para-hydroxylation sites is 1. The normalized spacial score (nSPS) is 14.0. The van der Waals surface area contributed by atoms with Gasteiger partial charge in [0.2, 0.25) is 0 Å². The molecule has 0 saturated carbocycles. The summed E-state index contributed by atoms with van der Waals surface area (Å²) in [6, 6.07) is 72.7. The van der Waals surface area contributed by atoms with E-state index in [1.807, 2.05) is 0 Å². The summed E-state index contributed by atoms with van der Waals surface area (Å²) in [5.41, 5.74) is 25.8. The van der Waals surface area contributed by atoms with Gasteiger partial charge in [-0.25, -0.2) is 0 Å². The molecule has 1 aromatic heterocycles. The number of fused-ring (bicyclic) bond motifs is 9. The van der Waals surface area contributed by atoms with E-state index < -0.39 is 0 Å². The van der Waals surface area contributed by atoms with E-state index in [0.29, 0.717) is 0 Å². The SMILES string of the molecule is CCC1(CC)c2c(C)cc(C)cc2-c2cccc(-n3c4ccccc4c4cc(-c5ccc(N(c6ccc(-c7ccccc7)cc6)c6ccc7c(c6)C(C)(C)c6ccccc6-7)cc5)ccc43)c21. The molecule has 0 aliphatic heterocycles. The molecule has 0 spiro atoms. The minimum atomic E-state index is -0.102. The summed E-state index contributed by atoms with van der Waals surface area (Å²) in [7, 11) is 0. The Morgan fingerprint density at radius 1 is 0.424 bits per heavy atom. The van der Waals surface area contributed by atoms with E-state index >= 15 is 0 Å². The van der Waals surface area contributed by atoms with Gasteiger partial charge in [0.1, 0.15) is 0 Å². The van der Waals surface area contributed by atoms with Crippen LogP contribution in [0.3, 0.4) is 0 Å². The van der Waals surface area contributed by atoms with Crippen molar-refractivity contribution >= 4 is 38.9 Å². The van der Waals surface area contributed by atoms with Crippen LogP contribution in [0, 0.1) is 13.8 Å². The third-order valence-electron chi connectivity index (χ3n) is 15.4. The lowest BCUT2D eigenvalue weighted by atomic mass is 9.71. The van der Waals surface area contributed by atoms with Crippen molar-refractivity contribution in [3.8, 4) is 50.2 Å². The van der Waals surface area contributed by atoms with Crippen molar-refractivity contribution in [2.75, 3.05) is 4.90 Å². The number of nitrogens with zero attached hydrogens (tertiary/aromatic N) is 2. The number of aryl methyl sites for hydroxylation is 2. The summed E-state index contributed by atoms with van der Waals surface area (Å²) >= 11 is 0. The number of hydrogen-bond acceptors (Lipinski definition) is 1. The van der Waals surface area contributed by atoms with Crippen LogP contribution >= 0.6 is 0 Å². The molecule has 2 nitrogen and oxygen atoms in total. The van der Waals surface area contributed by atoms with Crippen LogP contribution in [0.5, 0.6) is 0 Å². The first-order valence-electron chi connectivity index (χ1n) is 23.8. The Morgan fingerprint density at radius 2 is 1.02 bits per heavy atom. The van der Waals surface area contributed by atoms with Gasteiger partial charge in [-0.1, -0.05) is 167 Å². The second-order valence-electron chi connectivity index (χ2n) is 19.3. The highest BCUT2D eigenvalue weighted by Gasteiger charge is 2.44. The smallest absolute Gasteiger partial charge is 0.0541 e. The van der Waals surface area contributed by atoms with E-state index in [1.54, 1.807) is 0 Å². The third-order valence-corrected chi connectivity index (χ3v) is 15.4. The molecule has 2 heteroatoms. The molecule has 0 radical (unpaired) electrons. The van der Waals surface area contributed by atoms with Crippen LogP contribution in [-0.4, -0.2) is 4.57 Å². The first-order chi connectivity index (χ1) is 32.2. The predicted molar refractivity (Wildman–Crippen MR) is 280 cm³/mol. The molecular formula is C64H54N2. The molecule has 0 atom stereocenters. The van der Waals surface area contributed by atoms with Gasteiger partial charge in [0.05, 0.1) is 16.7 Å². The highest BCUT2D eigenvalue weighted by Crippen LogP contribution is 2.57. The monoisotopic (exact) mass is 850 g/mol. The van der Waals surface area contributed by atoms with Crippen molar-refractivity contribution in [1.82, 2.24) is 4.57 Å². The summed E-state index contributed by atoms with van der Waals surface area (Å²) in [6.45, 7) is 14.0.